The van der Waals surface area contributed by atoms with Crippen LogP contribution in [-0.4, -0.2) is 38.2 Å². The lowest BCUT2D eigenvalue weighted by atomic mass is 10.3. The fourth-order valence-corrected chi connectivity index (χ4v) is 2.88. The molecule has 8 heteroatoms. The molecule has 2 rings (SSSR count). The number of rotatable bonds is 5. The highest BCUT2D eigenvalue weighted by molar-refractivity contribution is 7.90. The Bertz CT molecular complexity index is 680. The largest absolute Gasteiger partial charge is 0.480 e. The first kappa shape index (κ1) is 14.7. The highest BCUT2D eigenvalue weighted by atomic mass is 32.2. The van der Waals surface area contributed by atoms with Gasteiger partial charge in [0.2, 0.25) is 5.88 Å². The van der Waals surface area contributed by atoms with Crippen LogP contribution >= 0.6 is 11.5 Å². The van der Waals surface area contributed by atoms with E-state index in [-0.39, 0.29) is 4.90 Å². The number of ether oxygens (including phenoxy) is 1. The lowest BCUT2D eigenvalue weighted by Gasteiger charge is -2.17. The molecular formula is C12H15N3O3S2. The second kappa shape index (κ2) is 5.76. The summed E-state index contributed by atoms with van der Waals surface area (Å²) >= 11 is 1.33. The number of hydrogen-bond donors (Lipinski definition) is 0. The van der Waals surface area contributed by atoms with Crippen LogP contribution in [-0.2, 0) is 16.4 Å². The normalized spacial score (nSPS) is 11.3. The molecule has 6 nitrogen and oxygen atoms in total. The first-order valence-electron chi connectivity index (χ1n) is 5.76. The van der Waals surface area contributed by atoms with Crippen molar-refractivity contribution < 1.29 is 13.2 Å². The van der Waals surface area contributed by atoms with E-state index in [1.807, 2.05) is 17.3 Å². The van der Waals surface area contributed by atoms with E-state index in [2.05, 4.69) is 9.36 Å². The van der Waals surface area contributed by atoms with Crippen molar-refractivity contribution in [3.8, 4) is 5.88 Å². The Morgan fingerprint density at radius 3 is 2.70 bits per heavy atom. The molecule has 0 bridgehead atoms. The van der Waals surface area contributed by atoms with Gasteiger partial charge in [0.1, 0.15) is 5.82 Å². The topological polar surface area (TPSA) is 72.4 Å². The number of methoxy groups -OCH3 is 1. The van der Waals surface area contributed by atoms with Crippen LogP contribution in [0.1, 0.15) is 5.56 Å². The van der Waals surface area contributed by atoms with Crippen LogP contribution in [0.15, 0.2) is 28.6 Å². The minimum absolute atomic E-state index is 0.212. The zero-order valence-electron chi connectivity index (χ0n) is 11.4. The van der Waals surface area contributed by atoms with E-state index < -0.39 is 9.84 Å². The van der Waals surface area contributed by atoms with Gasteiger partial charge in [-0.2, -0.15) is 4.37 Å². The zero-order chi connectivity index (χ0) is 14.8. The number of nitrogens with zero attached hydrogens (tertiary/aromatic N) is 3. The van der Waals surface area contributed by atoms with Gasteiger partial charge in [-0.05, 0) is 23.7 Å². The summed E-state index contributed by atoms with van der Waals surface area (Å²) in [5.41, 5.74) is 0.967. The second-order valence-corrected chi connectivity index (χ2v) is 6.97. The van der Waals surface area contributed by atoms with Crippen LogP contribution in [0.5, 0.6) is 5.88 Å². The number of pyridine rings is 1. The second-order valence-electron chi connectivity index (χ2n) is 4.33. The predicted octanol–water partition coefficient (Wildman–Crippen LogP) is 1.59. The van der Waals surface area contributed by atoms with Gasteiger partial charge in [-0.15, -0.1) is 0 Å². The molecule has 0 amide bonds. The summed E-state index contributed by atoms with van der Waals surface area (Å²) in [5, 5.41) is 1.92. The van der Waals surface area contributed by atoms with E-state index in [1.54, 1.807) is 19.2 Å². The van der Waals surface area contributed by atoms with Crippen molar-refractivity contribution in [2.75, 3.05) is 25.3 Å². The molecule has 2 aromatic rings. The maximum atomic E-state index is 11.4. The fourth-order valence-electron chi connectivity index (χ4n) is 1.67. The van der Waals surface area contributed by atoms with Crippen molar-refractivity contribution in [1.82, 2.24) is 9.36 Å². The van der Waals surface area contributed by atoms with Crippen LogP contribution in [0.25, 0.3) is 0 Å². The summed E-state index contributed by atoms with van der Waals surface area (Å²) in [7, 11) is 0.240. The SMILES string of the molecule is COc1nscc1CN(C)c1ccc(S(C)(=O)=O)cn1. The van der Waals surface area contributed by atoms with Crippen molar-refractivity contribution in [2.24, 2.45) is 0 Å². The maximum Gasteiger partial charge on any atom is 0.229 e. The van der Waals surface area contributed by atoms with Gasteiger partial charge in [0.25, 0.3) is 0 Å². The van der Waals surface area contributed by atoms with Gasteiger partial charge in [0.15, 0.2) is 9.84 Å². The van der Waals surface area contributed by atoms with E-state index in [1.165, 1.54) is 17.7 Å². The Balaban J connectivity index is 2.16. The minimum Gasteiger partial charge on any atom is -0.480 e. The molecule has 0 aliphatic rings. The molecule has 0 aromatic carbocycles. The van der Waals surface area contributed by atoms with E-state index in [4.69, 9.17) is 4.74 Å². The molecule has 0 fully saturated rings. The van der Waals surface area contributed by atoms with Gasteiger partial charge in [-0.3, -0.25) is 0 Å². The quantitative estimate of drug-likeness (QED) is 0.834. The number of anilines is 1. The fraction of sp³-hybridized carbons (Fsp3) is 0.333. The van der Waals surface area contributed by atoms with Crippen molar-refractivity contribution in [3.05, 3.63) is 29.3 Å². The molecule has 108 valence electrons. The molecule has 0 radical (unpaired) electrons. The minimum atomic E-state index is -3.22. The summed E-state index contributed by atoms with van der Waals surface area (Å²) in [6.07, 6.45) is 2.53. The predicted molar refractivity (Wildman–Crippen MR) is 78.1 cm³/mol. The third-order valence-corrected chi connectivity index (χ3v) is 4.51. The zero-order valence-corrected chi connectivity index (χ0v) is 13.0. The van der Waals surface area contributed by atoms with E-state index in [0.29, 0.717) is 18.2 Å². The monoisotopic (exact) mass is 313 g/mol. The number of aromatic nitrogens is 2. The van der Waals surface area contributed by atoms with Crippen LogP contribution < -0.4 is 9.64 Å². The lowest BCUT2D eigenvalue weighted by Crippen LogP contribution is -2.17. The van der Waals surface area contributed by atoms with Crippen LogP contribution in [0, 0.1) is 0 Å². The van der Waals surface area contributed by atoms with Gasteiger partial charge in [0, 0.05) is 30.4 Å². The average Bonchev–Trinajstić information content (AvgIpc) is 2.85. The summed E-state index contributed by atoms with van der Waals surface area (Å²) in [6.45, 7) is 0.588. The van der Waals surface area contributed by atoms with Gasteiger partial charge in [-0.25, -0.2) is 13.4 Å². The number of sulfone groups is 1. The third-order valence-electron chi connectivity index (χ3n) is 2.75. The maximum absolute atomic E-state index is 11.4. The molecule has 2 aromatic heterocycles. The highest BCUT2D eigenvalue weighted by Crippen LogP contribution is 2.22. The highest BCUT2D eigenvalue weighted by Gasteiger charge is 2.12. The standard InChI is InChI=1S/C12H15N3O3S2/c1-15(7-9-8-19-14-12(9)18-2)11-5-4-10(6-13-11)20(3,16)17/h4-6,8H,7H2,1-3H3. The summed E-state index contributed by atoms with van der Waals surface area (Å²) in [4.78, 5) is 6.28. The van der Waals surface area contributed by atoms with Crippen molar-refractivity contribution in [1.29, 1.82) is 0 Å². The molecule has 0 N–H and O–H groups in total. The Kier molecular flexibility index (Phi) is 4.24. The Morgan fingerprint density at radius 1 is 1.40 bits per heavy atom. The Labute approximate surface area is 122 Å². The van der Waals surface area contributed by atoms with Gasteiger partial charge in [0.05, 0.1) is 18.6 Å². The molecule has 2 heterocycles. The average molecular weight is 313 g/mol. The summed E-state index contributed by atoms with van der Waals surface area (Å²) in [6, 6.07) is 3.24. The summed E-state index contributed by atoms with van der Waals surface area (Å²) < 4.78 is 32.0. The molecule has 0 saturated carbocycles. The molecule has 0 spiro atoms. The lowest BCUT2D eigenvalue weighted by molar-refractivity contribution is 0.397. The number of hydrogen-bond acceptors (Lipinski definition) is 7. The van der Waals surface area contributed by atoms with Gasteiger partial charge >= 0.3 is 0 Å². The van der Waals surface area contributed by atoms with Crippen LogP contribution in [0.2, 0.25) is 0 Å². The van der Waals surface area contributed by atoms with Crippen LogP contribution in [0.4, 0.5) is 5.82 Å². The Hall–Kier alpha value is -1.67. The van der Waals surface area contributed by atoms with E-state index >= 15 is 0 Å². The first-order valence-corrected chi connectivity index (χ1v) is 8.49. The van der Waals surface area contributed by atoms with Crippen molar-refractivity contribution in [3.63, 3.8) is 0 Å². The molecule has 0 atom stereocenters. The van der Waals surface area contributed by atoms with Crippen molar-refractivity contribution in [2.45, 2.75) is 11.4 Å². The molecular weight excluding hydrogens is 298 g/mol. The molecule has 0 saturated heterocycles. The molecule has 0 aliphatic heterocycles. The molecule has 0 aliphatic carbocycles. The van der Waals surface area contributed by atoms with Crippen molar-refractivity contribution >= 4 is 27.2 Å². The van der Waals surface area contributed by atoms with E-state index in [0.717, 1.165) is 11.8 Å². The molecule has 0 unspecified atom stereocenters. The smallest absolute Gasteiger partial charge is 0.229 e. The molecule has 20 heavy (non-hydrogen) atoms. The van der Waals surface area contributed by atoms with Crippen LogP contribution in [0.3, 0.4) is 0 Å². The van der Waals surface area contributed by atoms with Gasteiger partial charge < -0.3 is 9.64 Å². The first-order chi connectivity index (χ1) is 9.41. The van der Waals surface area contributed by atoms with Gasteiger partial charge in [-0.1, -0.05) is 0 Å². The Morgan fingerprint density at radius 2 is 2.15 bits per heavy atom. The van der Waals surface area contributed by atoms with E-state index in [9.17, 15) is 8.42 Å². The summed E-state index contributed by atoms with van der Waals surface area (Å²) in [5.74, 6) is 1.29. The third kappa shape index (κ3) is 3.26.